The van der Waals surface area contributed by atoms with Gasteiger partial charge in [-0.3, -0.25) is 10.1 Å². The monoisotopic (exact) mass is 319 g/mol. The number of methoxy groups -OCH3 is 1. The molecule has 0 spiro atoms. The van der Waals surface area contributed by atoms with E-state index in [1.165, 1.54) is 7.11 Å². The van der Waals surface area contributed by atoms with E-state index < -0.39 is 16.4 Å². The van der Waals surface area contributed by atoms with Crippen molar-refractivity contribution in [1.82, 2.24) is 15.3 Å². The number of nitro benzene ring substituents is 1. The van der Waals surface area contributed by atoms with Crippen molar-refractivity contribution in [2.24, 2.45) is 0 Å². The van der Waals surface area contributed by atoms with Gasteiger partial charge in [0.25, 0.3) is 0 Å². The Morgan fingerprint density at radius 2 is 2.26 bits per heavy atom. The Labute approximate surface area is 130 Å². The first-order valence-electron chi connectivity index (χ1n) is 6.91. The Morgan fingerprint density at radius 3 is 2.87 bits per heavy atom. The highest BCUT2D eigenvalue weighted by atomic mass is 19.1. The normalized spacial score (nSPS) is 14.2. The van der Waals surface area contributed by atoms with Crippen LogP contribution in [0.4, 0.5) is 21.7 Å². The zero-order chi connectivity index (χ0) is 16.4. The van der Waals surface area contributed by atoms with Crippen LogP contribution in [-0.4, -0.2) is 35.1 Å². The fourth-order valence-electron chi connectivity index (χ4n) is 2.23. The van der Waals surface area contributed by atoms with E-state index in [9.17, 15) is 14.5 Å². The molecule has 120 valence electrons. The zero-order valence-electron chi connectivity index (χ0n) is 12.2. The van der Waals surface area contributed by atoms with Gasteiger partial charge < -0.3 is 15.4 Å². The van der Waals surface area contributed by atoms with Gasteiger partial charge in [0.15, 0.2) is 0 Å². The van der Waals surface area contributed by atoms with Gasteiger partial charge in [-0.15, -0.1) is 0 Å². The Bertz CT molecular complexity index is 751. The largest absolute Gasteiger partial charge is 0.494 e. The van der Waals surface area contributed by atoms with Gasteiger partial charge >= 0.3 is 5.69 Å². The molecule has 1 saturated heterocycles. The summed E-state index contributed by atoms with van der Waals surface area (Å²) in [6, 6.07) is 3.84. The van der Waals surface area contributed by atoms with E-state index in [1.54, 1.807) is 6.20 Å². The van der Waals surface area contributed by atoms with Crippen LogP contribution in [0.25, 0.3) is 0 Å². The third-order valence-electron chi connectivity index (χ3n) is 3.59. The summed E-state index contributed by atoms with van der Waals surface area (Å²) in [5.74, 6) is -0.239. The number of nitro groups is 1. The first-order valence-corrected chi connectivity index (χ1v) is 6.91. The molecule has 0 amide bonds. The number of hydrogen-bond donors (Lipinski definition) is 2. The maximum Gasteiger partial charge on any atom is 0.307 e. The zero-order valence-corrected chi connectivity index (χ0v) is 12.2. The molecule has 0 aliphatic carbocycles. The van der Waals surface area contributed by atoms with Gasteiger partial charge in [-0.1, -0.05) is 0 Å². The van der Waals surface area contributed by atoms with E-state index >= 15 is 0 Å². The number of nitrogens with one attached hydrogen (secondary N) is 2. The lowest BCUT2D eigenvalue weighted by Gasteiger charge is -2.26. The standard InChI is InChI=1S/C14H14FN5O3/c1-23-13-4-9(15)12(20(21)22)5-11(13)19-14-17-3-2-10(18-14)8-6-16-7-8/h2-5,8,16H,6-7H2,1H3,(H,17,18,19). The smallest absolute Gasteiger partial charge is 0.307 e. The minimum atomic E-state index is -0.965. The van der Waals surface area contributed by atoms with Crippen molar-refractivity contribution >= 4 is 17.3 Å². The third-order valence-corrected chi connectivity index (χ3v) is 3.59. The number of aromatic nitrogens is 2. The van der Waals surface area contributed by atoms with Crippen LogP contribution in [0.2, 0.25) is 0 Å². The lowest BCUT2D eigenvalue weighted by molar-refractivity contribution is -0.387. The van der Waals surface area contributed by atoms with Crippen LogP contribution in [0.3, 0.4) is 0 Å². The number of benzene rings is 1. The Hall–Kier alpha value is -2.81. The summed E-state index contributed by atoms with van der Waals surface area (Å²) in [4.78, 5) is 18.5. The molecule has 3 rings (SSSR count). The molecule has 8 nitrogen and oxygen atoms in total. The van der Waals surface area contributed by atoms with E-state index in [1.807, 2.05) is 6.07 Å². The van der Waals surface area contributed by atoms with Crippen molar-refractivity contribution in [3.8, 4) is 5.75 Å². The van der Waals surface area contributed by atoms with Crippen molar-refractivity contribution in [3.05, 3.63) is 46.0 Å². The SMILES string of the molecule is COc1cc(F)c([N+](=O)[O-])cc1Nc1nccc(C2CNC2)n1. The minimum absolute atomic E-state index is 0.132. The minimum Gasteiger partial charge on any atom is -0.494 e. The average Bonchev–Trinajstić information content (AvgIpc) is 2.47. The van der Waals surface area contributed by atoms with E-state index in [4.69, 9.17) is 4.74 Å². The molecule has 0 atom stereocenters. The summed E-state index contributed by atoms with van der Waals surface area (Å²) in [6.07, 6.45) is 1.60. The van der Waals surface area contributed by atoms with Gasteiger partial charge in [0.2, 0.25) is 11.8 Å². The summed E-state index contributed by atoms with van der Waals surface area (Å²) < 4.78 is 18.7. The molecule has 1 aromatic heterocycles. The molecule has 9 heteroatoms. The first-order chi connectivity index (χ1) is 11.1. The molecular formula is C14H14FN5O3. The fraction of sp³-hybridized carbons (Fsp3) is 0.286. The van der Waals surface area contributed by atoms with Crippen LogP contribution in [-0.2, 0) is 0 Å². The Kier molecular flexibility index (Phi) is 4.02. The molecule has 0 bridgehead atoms. The predicted octanol–water partition coefficient (Wildman–Crippen LogP) is 1.96. The number of halogens is 1. The van der Waals surface area contributed by atoms with Crippen molar-refractivity contribution in [2.75, 3.05) is 25.5 Å². The summed E-state index contributed by atoms with van der Waals surface area (Å²) in [5.41, 5.74) is 0.453. The summed E-state index contributed by atoms with van der Waals surface area (Å²) in [7, 11) is 1.35. The average molecular weight is 319 g/mol. The molecule has 0 saturated carbocycles. The number of ether oxygens (including phenoxy) is 1. The third kappa shape index (κ3) is 3.04. The van der Waals surface area contributed by atoms with Crippen LogP contribution < -0.4 is 15.4 Å². The second-order valence-electron chi connectivity index (χ2n) is 5.05. The maximum absolute atomic E-state index is 13.6. The molecular weight excluding hydrogens is 305 g/mol. The number of nitrogens with zero attached hydrogens (tertiary/aromatic N) is 3. The highest BCUT2D eigenvalue weighted by Gasteiger charge is 2.22. The maximum atomic E-state index is 13.6. The van der Waals surface area contributed by atoms with Crippen LogP contribution in [0.1, 0.15) is 11.6 Å². The molecule has 23 heavy (non-hydrogen) atoms. The molecule has 2 heterocycles. The van der Waals surface area contributed by atoms with Gasteiger partial charge in [0, 0.05) is 37.3 Å². The molecule has 1 aliphatic rings. The first kappa shape index (κ1) is 15.1. The van der Waals surface area contributed by atoms with Crippen LogP contribution in [0.5, 0.6) is 5.75 Å². The quantitative estimate of drug-likeness (QED) is 0.641. The van der Waals surface area contributed by atoms with Crippen molar-refractivity contribution in [3.63, 3.8) is 0 Å². The fourth-order valence-corrected chi connectivity index (χ4v) is 2.23. The lowest BCUT2D eigenvalue weighted by Crippen LogP contribution is -2.40. The molecule has 2 N–H and O–H groups in total. The second kappa shape index (κ2) is 6.13. The van der Waals surface area contributed by atoms with Gasteiger partial charge in [0.1, 0.15) is 5.75 Å². The van der Waals surface area contributed by atoms with Crippen LogP contribution in [0.15, 0.2) is 24.4 Å². The highest BCUT2D eigenvalue weighted by Crippen LogP contribution is 2.33. The van der Waals surface area contributed by atoms with E-state index in [0.29, 0.717) is 5.92 Å². The van der Waals surface area contributed by atoms with E-state index in [-0.39, 0.29) is 17.4 Å². The predicted molar refractivity (Wildman–Crippen MR) is 80.5 cm³/mol. The number of hydrogen-bond acceptors (Lipinski definition) is 7. The number of anilines is 2. The highest BCUT2D eigenvalue weighted by molar-refractivity contribution is 5.66. The van der Waals surface area contributed by atoms with Gasteiger partial charge in [0.05, 0.1) is 23.4 Å². The van der Waals surface area contributed by atoms with Crippen molar-refractivity contribution < 1.29 is 14.1 Å². The second-order valence-corrected chi connectivity index (χ2v) is 5.05. The van der Waals surface area contributed by atoms with Gasteiger partial charge in [-0.25, -0.2) is 9.97 Å². The topological polar surface area (TPSA) is 102 Å². The van der Waals surface area contributed by atoms with Crippen molar-refractivity contribution in [1.29, 1.82) is 0 Å². The van der Waals surface area contributed by atoms with E-state index in [0.717, 1.165) is 30.9 Å². The Balaban J connectivity index is 1.92. The van der Waals surface area contributed by atoms with Crippen molar-refractivity contribution in [2.45, 2.75) is 5.92 Å². The van der Waals surface area contributed by atoms with Crippen LogP contribution >= 0.6 is 0 Å². The van der Waals surface area contributed by atoms with E-state index in [2.05, 4.69) is 20.6 Å². The molecule has 0 unspecified atom stereocenters. The van der Waals surface area contributed by atoms with Crippen LogP contribution in [0, 0.1) is 15.9 Å². The molecule has 0 radical (unpaired) electrons. The molecule has 1 aliphatic heterocycles. The molecule has 1 aromatic carbocycles. The van der Waals surface area contributed by atoms with Gasteiger partial charge in [-0.05, 0) is 6.07 Å². The number of rotatable bonds is 5. The summed E-state index contributed by atoms with van der Waals surface area (Å²) in [5, 5.41) is 16.9. The summed E-state index contributed by atoms with van der Waals surface area (Å²) >= 11 is 0. The van der Waals surface area contributed by atoms with Gasteiger partial charge in [-0.2, -0.15) is 4.39 Å². The summed E-state index contributed by atoms with van der Waals surface area (Å²) in [6.45, 7) is 1.70. The Morgan fingerprint density at radius 1 is 1.48 bits per heavy atom. The molecule has 1 fully saturated rings. The molecule has 2 aromatic rings. The lowest BCUT2D eigenvalue weighted by atomic mass is 9.99.